The van der Waals surface area contributed by atoms with E-state index in [1.807, 2.05) is 69.3 Å². The molecule has 1 atom stereocenters. The maximum atomic E-state index is 13.7. The third kappa shape index (κ3) is 5.29. The Kier molecular flexibility index (Phi) is 7.47. The normalized spacial score (nSPS) is 17.0. The van der Waals surface area contributed by atoms with Crippen molar-refractivity contribution >= 4 is 33.8 Å². The number of anilines is 1. The Hall–Kier alpha value is -3.23. The number of aryl methyl sites for hydroxylation is 4. The Morgan fingerprint density at radius 2 is 1.83 bits per heavy atom. The molecule has 2 aromatic carbocycles. The van der Waals surface area contributed by atoms with Crippen LogP contribution in [0.5, 0.6) is 0 Å². The van der Waals surface area contributed by atoms with E-state index < -0.39 is 15.9 Å². The molecule has 0 unspecified atom stereocenters. The van der Waals surface area contributed by atoms with Crippen LogP contribution in [-0.2, 0) is 14.8 Å². The molecule has 1 fully saturated rings. The molecule has 8 heteroatoms. The first kappa shape index (κ1) is 25.9. The fraction of sp³-hybridized carbons (Fsp3) is 0.357. The number of sulfonamides is 1. The number of carbonyl (C=O) groups excluding carboxylic acids is 1. The number of aromatic nitrogens is 1. The van der Waals surface area contributed by atoms with E-state index in [4.69, 9.17) is 4.52 Å². The summed E-state index contributed by atoms with van der Waals surface area (Å²) in [4.78, 5) is 15.0. The van der Waals surface area contributed by atoms with Crippen LogP contribution in [0.3, 0.4) is 0 Å². The van der Waals surface area contributed by atoms with Gasteiger partial charge in [-0.05, 0) is 75.4 Å². The predicted molar refractivity (Wildman–Crippen MR) is 142 cm³/mol. The summed E-state index contributed by atoms with van der Waals surface area (Å²) in [6.07, 6.45) is 4.76. The predicted octanol–water partition coefficient (Wildman–Crippen LogP) is 5.14. The Morgan fingerprint density at radius 1 is 1.08 bits per heavy atom. The summed E-state index contributed by atoms with van der Waals surface area (Å²) >= 11 is 0. The van der Waals surface area contributed by atoms with Crippen molar-refractivity contribution in [3.63, 3.8) is 0 Å². The summed E-state index contributed by atoms with van der Waals surface area (Å²) in [5.74, 6) is -0.315. The Labute approximate surface area is 213 Å². The average Bonchev–Trinajstić information content (AvgIpc) is 3.24. The van der Waals surface area contributed by atoms with Gasteiger partial charge in [-0.15, -0.1) is 0 Å². The van der Waals surface area contributed by atoms with Gasteiger partial charge in [0.15, 0.2) is 10.7 Å². The van der Waals surface area contributed by atoms with Gasteiger partial charge in [-0.25, -0.2) is 8.42 Å². The fourth-order valence-electron chi connectivity index (χ4n) is 4.63. The highest BCUT2D eigenvalue weighted by molar-refractivity contribution is 7.89. The summed E-state index contributed by atoms with van der Waals surface area (Å²) in [6.45, 7) is 8.10. The second-order valence-corrected chi connectivity index (χ2v) is 11.5. The quantitative estimate of drug-likeness (QED) is 0.461. The second kappa shape index (κ2) is 10.4. The van der Waals surface area contributed by atoms with Gasteiger partial charge >= 0.3 is 0 Å². The van der Waals surface area contributed by atoms with E-state index in [0.717, 1.165) is 27.9 Å². The van der Waals surface area contributed by atoms with Gasteiger partial charge in [-0.3, -0.25) is 4.79 Å². The highest BCUT2D eigenvalue weighted by atomic mass is 32.2. The van der Waals surface area contributed by atoms with Crippen LogP contribution in [0.25, 0.3) is 12.2 Å². The third-order valence-corrected chi connectivity index (χ3v) is 8.76. The number of benzene rings is 2. The van der Waals surface area contributed by atoms with Gasteiger partial charge in [0, 0.05) is 25.8 Å². The monoisotopic (exact) mass is 507 g/mol. The van der Waals surface area contributed by atoms with E-state index in [1.54, 1.807) is 24.9 Å². The minimum Gasteiger partial charge on any atom is -0.355 e. The summed E-state index contributed by atoms with van der Waals surface area (Å²) in [6, 6.07) is 13.8. The van der Waals surface area contributed by atoms with Crippen LogP contribution in [0.15, 0.2) is 51.9 Å². The maximum absolute atomic E-state index is 13.7. The smallest absolute Gasteiger partial charge is 0.248 e. The SMILES string of the molecule is Cc1cccc(N(C)C(=O)[C@@H]2CCCN(S(=O)(=O)c3c(C)noc3/C=C/c3cc(C)ccc3C)C2)c1. The van der Waals surface area contributed by atoms with E-state index in [9.17, 15) is 13.2 Å². The molecular weight excluding hydrogens is 474 g/mol. The zero-order chi connectivity index (χ0) is 26.0. The van der Waals surface area contributed by atoms with E-state index in [1.165, 1.54) is 4.31 Å². The molecule has 1 aromatic heterocycles. The zero-order valence-corrected chi connectivity index (χ0v) is 22.3. The van der Waals surface area contributed by atoms with Crippen molar-refractivity contribution in [3.05, 3.63) is 76.2 Å². The molecule has 1 amide bonds. The molecule has 190 valence electrons. The lowest BCUT2D eigenvalue weighted by atomic mass is 9.98. The lowest BCUT2D eigenvalue weighted by Gasteiger charge is -2.33. The number of nitrogens with zero attached hydrogens (tertiary/aromatic N) is 3. The molecule has 3 aromatic rings. The highest BCUT2D eigenvalue weighted by Gasteiger charge is 2.37. The highest BCUT2D eigenvalue weighted by Crippen LogP contribution is 2.30. The van der Waals surface area contributed by atoms with E-state index in [2.05, 4.69) is 5.16 Å². The molecule has 0 bridgehead atoms. The van der Waals surface area contributed by atoms with E-state index in [0.29, 0.717) is 25.1 Å². The summed E-state index contributed by atoms with van der Waals surface area (Å²) in [5, 5.41) is 3.95. The minimum atomic E-state index is -3.91. The number of rotatable bonds is 6. The average molecular weight is 508 g/mol. The Balaban J connectivity index is 1.58. The van der Waals surface area contributed by atoms with Crippen LogP contribution in [0.1, 0.15) is 46.5 Å². The Morgan fingerprint density at radius 3 is 2.58 bits per heavy atom. The lowest BCUT2D eigenvalue weighted by Crippen LogP contribution is -2.46. The molecule has 0 N–H and O–H groups in total. The van der Waals surface area contributed by atoms with Crippen molar-refractivity contribution < 1.29 is 17.7 Å². The van der Waals surface area contributed by atoms with Crippen LogP contribution in [0, 0.1) is 33.6 Å². The maximum Gasteiger partial charge on any atom is 0.248 e. The van der Waals surface area contributed by atoms with E-state index in [-0.39, 0.29) is 23.1 Å². The zero-order valence-electron chi connectivity index (χ0n) is 21.5. The van der Waals surface area contributed by atoms with Crippen molar-refractivity contribution in [3.8, 4) is 0 Å². The number of amides is 1. The molecule has 0 spiro atoms. The van der Waals surface area contributed by atoms with Gasteiger partial charge in [0.2, 0.25) is 15.9 Å². The van der Waals surface area contributed by atoms with Gasteiger partial charge < -0.3 is 9.42 Å². The summed E-state index contributed by atoms with van der Waals surface area (Å²) in [5.41, 5.74) is 5.34. The van der Waals surface area contributed by atoms with Crippen molar-refractivity contribution in [2.75, 3.05) is 25.0 Å². The van der Waals surface area contributed by atoms with Crippen molar-refractivity contribution in [1.29, 1.82) is 0 Å². The number of carbonyl (C=O) groups is 1. The Bertz CT molecular complexity index is 1410. The van der Waals surface area contributed by atoms with Crippen molar-refractivity contribution in [2.24, 2.45) is 5.92 Å². The largest absolute Gasteiger partial charge is 0.355 e. The van der Waals surface area contributed by atoms with Crippen LogP contribution in [-0.4, -0.2) is 43.9 Å². The topological polar surface area (TPSA) is 83.7 Å². The molecule has 2 heterocycles. The van der Waals surface area contributed by atoms with Gasteiger partial charge in [0.1, 0.15) is 5.69 Å². The van der Waals surface area contributed by atoms with Gasteiger partial charge in [0.25, 0.3) is 0 Å². The minimum absolute atomic E-state index is 0.0594. The van der Waals surface area contributed by atoms with Gasteiger partial charge in [-0.1, -0.05) is 47.1 Å². The third-order valence-electron chi connectivity index (χ3n) is 6.73. The molecule has 0 saturated carbocycles. The lowest BCUT2D eigenvalue weighted by molar-refractivity contribution is -0.123. The molecule has 7 nitrogen and oxygen atoms in total. The van der Waals surface area contributed by atoms with E-state index >= 15 is 0 Å². The van der Waals surface area contributed by atoms with Gasteiger partial charge in [0.05, 0.1) is 5.92 Å². The first-order valence-corrected chi connectivity index (χ1v) is 13.6. The molecule has 4 rings (SSSR count). The van der Waals surface area contributed by atoms with Crippen LogP contribution in [0.4, 0.5) is 5.69 Å². The standard InChI is InChI=1S/C28H33N3O4S/c1-19-8-6-10-25(17-19)30(5)28(32)24-9-7-15-31(18-24)36(33,34)27-22(4)29-35-26(27)14-13-23-16-20(2)11-12-21(23)3/h6,8,10-14,16-17,24H,7,9,15,18H2,1-5H3/b14-13+/t24-/m1/s1. The molecule has 0 radical (unpaired) electrons. The molecule has 0 aliphatic carbocycles. The summed E-state index contributed by atoms with van der Waals surface area (Å²) in [7, 11) is -2.17. The molecule has 1 aliphatic heterocycles. The number of hydrogen-bond acceptors (Lipinski definition) is 5. The van der Waals surface area contributed by atoms with Crippen LogP contribution >= 0.6 is 0 Å². The van der Waals surface area contributed by atoms with Crippen LogP contribution in [0.2, 0.25) is 0 Å². The number of hydrogen-bond donors (Lipinski definition) is 0. The first-order chi connectivity index (χ1) is 17.1. The number of piperidine rings is 1. The first-order valence-electron chi connectivity index (χ1n) is 12.1. The summed E-state index contributed by atoms with van der Waals surface area (Å²) < 4.78 is 34.3. The fourth-order valence-corrected chi connectivity index (χ4v) is 6.41. The van der Waals surface area contributed by atoms with Crippen molar-refractivity contribution in [2.45, 2.75) is 45.4 Å². The molecule has 1 saturated heterocycles. The van der Waals surface area contributed by atoms with Crippen LogP contribution < -0.4 is 4.90 Å². The molecular formula is C28H33N3O4S. The molecule has 1 aliphatic rings. The molecule has 36 heavy (non-hydrogen) atoms. The van der Waals surface area contributed by atoms with Gasteiger partial charge in [-0.2, -0.15) is 4.31 Å². The second-order valence-electron chi connectivity index (χ2n) is 9.59. The van der Waals surface area contributed by atoms with Crippen molar-refractivity contribution in [1.82, 2.24) is 9.46 Å².